The van der Waals surface area contributed by atoms with Gasteiger partial charge < -0.3 is 10.3 Å². The van der Waals surface area contributed by atoms with Gasteiger partial charge in [0.1, 0.15) is 5.01 Å². The maximum absolute atomic E-state index is 12.2. The molecule has 19 heavy (non-hydrogen) atoms. The van der Waals surface area contributed by atoms with E-state index in [9.17, 15) is 4.79 Å². The number of carbonyl (C=O) groups excluding carboxylic acids is 1. The zero-order valence-electron chi connectivity index (χ0n) is 11.7. The van der Waals surface area contributed by atoms with Crippen molar-refractivity contribution in [3.63, 3.8) is 0 Å². The third-order valence-corrected chi connectivity index (χ3v) is 4.44. The zero-order chi connectivity index (χ0) is 14.0. The van der Waals surface area contributed by atoms with Crippen LogP contribution in [0.15, 0.2) is 12.3 Å². The highest BCUT2D eigenvalue weighted by molar-refractivity contribution is 7.11. The number of H-pyrrole nitrogens is 1. The molecule has 4 nitrogen and oxygen atoms in total. The number of carbonyl (C=O) groups is 1. The highest BCUT2D eigenvalue weighted by Crippen LogP contribution is 2.25. The second kappa shape index (κ2) is 5.57. The number of nitrogens with zero attached hydrogens (tertiary/aromatic N) is 1. The van der Waals surface area contributed by atoms with Gasteiger partial charge in [0.15, 0.2) is 0 Å². The molecule has 0 bridgehead atoms. The maximum atomic E-state index is 12.2. The Balaban J connectivity index is 2.16. The molecule has 2 aromatic rings. The first-order valence-corrected chi connectivity index (χ1v) is 7.23. The summed E-state index contributed by atoms with van der Waals surface area (Å²) >= 11 is 1.66. The second-order valence-corrected chi connectivity index (χ2v) is 5.88. The van der Waals surface area contributed by atoms with E-state index in [0.29, 0.717) is 5.56 Å². The van der Waals surface area contributed by atoms with Gasteiger partial charge in [-0.3, -0.25) is 4.79 Å². The molecule has 1 amide bonds. The summed E-state index contributed by atoms with van der Waals surface area (Å²) in [5.41, 5.74) is 2.63. The van der Waals surface area contributed by atoms with Crippen LogP contribution >= 0.6 is 11.3 Å². The van der Waals surface area contributed by atoms with Crippen molar-refractivity contribution in [1.82, 2.24) is 15.3 Å². The molecule has 0 aliphatic heterocycles. The fraction of sp³-hybridized carbons (Fsp3) is 0.429. The Morgan fingerprint density at radius 3 is 2.68 bits per heavy atom. The SMILES string of the molecule is CCC(NC(=O)c1cc[nH]c1C)c1nc(C)c(C)s1. The van der Waals surface area contributed by atoms with Crippen molar-refractivity contribution in [2.24, 2.45) is 0 Å². The summed E-state index contributed by atoms with van der Waals surface area (Å²) in [6.45, 7) is 8.01. The van der Waals surface area contributed by atoms with Gasteiger partial charge in [-0.05, 0) is 33.3 Å². The molecule has 0 saturated carbocycles. The van der Waals surface area contributed by atoms with Gasteiger partial charge in [-0.15, -0.1) is 11.3 Å². The Labute approximate surface area is 117 Å². The van der Waals surface area contributed by atoms with Gasteiger partial charge in [-0.1, -0.05) is 6.92 Å². The highest BCUT2D eigenvalue weighted by Gasteiger charge is 2.19. The molecule has 1 unspecified atom stereocenters. The van der Waals surface area contributed by atoms with Crippen LogP contribution in [0.3, 0.4) is 0 Å². The van der Waals surface area contributed by atoms with E-state index in [-0.39, 0.29) is 11.9 Å². The van der Waals surface area contributed by atoms with Gasteiger partial charge in [0.2, 0.25) is 0 Å². The molecule has 0 radical (unpaired) electrons. The summed E-state index contributed by atoms with van der Waals surface area (Å²) < 4.78 is 0. The molecule has 0 aromatic carbocycles. The fourth-order valence-electron chi connectivity index (χ4n) is 1.92. The number of rotatable bonds is 4. The zero-order valence-corrected chi connectivity index (χ0v) is 12.5. The molecule has 0 saturated heterocycles. The van der Waals surface area contributed by atoms with E-state index in [0.717, 1.165) is 22.8 Å². The summed E-state index contributed by atoms with van der Waals surface area (Å²) in [5.74, 6) is -0.0453. The van der Waals surface area contributed by atoms with Gasteiger partial charge in [-0.2, -0.15) is 0 Å². The maximum Gasteiger partial charge on any atom is 0.253 e. The van der Waals surface area contributed by atoms with Crippen LogP contribution in [0.5, 0.6) is 0 Å². The Kier molecular flexibility index (Phi) is 4.04. The average Bonchev–Trinajstić information content (AvgIpc) is 2.93. The number of aromatic amines is 1. The van der Waals surface area contributed by atoms with Crippen molar-refractivity contribution in [3.05, 3.63) is 39.1 Å². The standard InChI is InChI=1S/C14H19N3OS/c1-5-12(14-16-8(2)10(4)19-14)17-13(18)11-6-7-15-9(11)3/h6-7,12,15H,5H2,1-4H3,(H,17,18). The van der Waals surface area contributed by atoms with E-state index in [4.69, 9.17) is 0 Å². The quantitative estimate of drug-likeness (QED) is 0.901. The molecular formula is C14H19N3OS. The normalized spacial score (nSPS) is 12.4. The lowest BCUT2D eigenvalue weighted by Crippen LogP contribution is -2.28. The van der Waals surface area contributed by atoms with Crippen molar-refractivity contribution in [2.75, 3.05) is 0 Å². The van der Waals surface area contributed by atoms with E-state index in [1.807, 2.05) is 13.8 Å². The Morgan fingerprint density at radius 1 is 1.47 bits per heavy atom. The van der Waals surface area contributed by atoms with Crippen LogP contribution in [0.4, 0.5) is 0 Å². The molecule has 0 spiro atoms. The number of aromatic nitrogens is 2. The number of amides is 1. The molecule has 2 aromatic heterocycles. The van der Waals surface area contributed by atoms with Crippen LogP contribution in [0.2, 0.25) is 0 Å². The molecule has 102 valence electrons. The highest BCUT2D eigenvalue weighted by atomic mass is 32.1. The predicted octanol–water partition coefficient (Wildman–Crippen LogP) is 3.28. The van der Waals surface area contributed by atoms with Crippen molar-refractivity contribution in [2.45, 2.75) is 40.2 Å². The van der Waals surface area contributed by atoms with Gasteiger partial charge in [-0.25, -0.2) is 4.98 Å². The topological polar surface area (TPSA) is 57.8 Å². The van der Waals surface area contributed by atoms with Crippen molar-refractivity contribution < 1.29 is 4.79 Å². The lowest BCUT2D eigenvalue weighted by molar-refractivity contribution is 0.0935. The van der Waals surface area contributed by atoms with Crippen LogP contribution < -0.4 is 5.32 Å². The number of nitrogens with one attached hydrogen (secondary N) is 2. The van der Waals surface area contributed by atoms with E-state index in [1.54, 1.807) is 23.6 Å². The average molecular weight is 277 g/mol. The van der Waals surface area contributed by atoms with Gasteiger partial charge >= 0.3 is 0 Å². The molecule has 2 N–H and O–H groups in total. The minimum Gasteiger partial charge on any atom is -0.365 e. The summed E-state index contributed by atoms with van der Waals surface area (Å²) in [6, 6.07) is 1.79. The first kappa shape index (κ1) is 13.8. The number of hydrogen-bond acceptors (Lipinski definition) is 3. The van der Waals surface area contributed by atoms with Crippen LogP contribution in [0.1, 0.15) is 51.0 Å². The molecular weight excluding hydrogens is 258 g/mol. The van der Waals surface area contributed by atoms with Crippen LogP contribution in [0.25, 0.3) is 0 Å². The number of hydrogen-bond donors (Lipinski definition) is 2. The lowest BCUT2D eigenvalue weighted by atomic mass is 10.2. The van der Waals surface area contributed by atoms with Crippen LogP contribution in [0, 0.1) is 20.8 Å². The van der Waals surface area contributed by atoms with Crippen molar-refractivity contribution >= 4 is 17.2 Å². The Hall–Kier alpha value is -1.62. The van der Waals surface area contributed by atoms with E-state index >= 15 is 0 Å². The van der Waals surface area contributed by atoms with E-state index < -0.39 is 0 Å². The Morgan fingerprint density at radius 2 is 2.21 bits per heavy atom. The molecule has 2 heterocycles. The van der Waals surface area contributed by atoms with E-state index in [2.05, 4.69) is 29.1 Å². The smallest absolute Gasteiger partial charge is 0.253 e. The van der Waals surface area contributed by atoms with Crippen LogP contribution in [-0.4, -0.2) is 15.9 Å². The third-order valence-electron chi connectivity index (χ3n) is 3.26. The summed E-state index contributed by atoms with van der Waals surface area (Å²) in [6.07, 6.45) is 2.62. The fourth-order valence-corrected chi connectivity index (χ4v) is 2.98. The minimum atomic E-state index is -0.0453. The number of aryl methyl sites for hydroxylation is 3. The molecule has 0 aliphatic carbocycles. The summed E-state index contributed by atoms with van der Waals surface area (Å²) in [4.78, 5) is 21.0. The molecule has 1 atom stereocenters. The minimum absolute atomic E-state index is 0.0146. The molecule has 5 heteroatoms. The van der Waals surface area contributed by atoms with Gasteiger partial charge in [0, 0.05) is 16.8 Å². The molecule has 2 rings (SSSR count). The monoisotopic (exact) mass is 277 g/mol. The predicted molar refractivity (Wildman–Crippen MR) is 77.6 cm³/mol. The first-order chi connectivity index (χ1) is 9.02. The summed E-state index contributed by atoms with van der Waals surface area (Å²) in [7, 11) is 0. The largest absolute Gasteiger partial charge is 0.365 e. The van der Waals surface area contributed by atoms with Gasteiger partial charge in [0.05, 0.1) is 17.3 Å². The molecule has 0 fully saturated rings. The van der Waals surface area contributed by atoms with Crippen molar-refractivity contribution in [1.29, 1.82) is 0 Å². The molecule has 0 aliphatic rings. The second-order valence-electron chi connectivity index (χ2n) is 4.64. The number of thiazole rings is 1. The first-order valence-electron chi connectivity index (χ1n) is 6.41. The lowest BCUT2D eigenvalue weighted by Gasteiger charge is -2.14. The third kappa shape index (κ3) is 2.87. The van der Waals surface area contributed by atoms with Crippen LogP contribution in [-0.2, 0) is 0 Å². The summed E-state index contributed by atoms with van der Waals surface area (Å²) in [5, 5.41) is 4.04. The Bertz CT molecular complexity index is 566. The van der Waals surface area contributed by atoms with Gasteiger partial charge in [0.25, 0.3) is 5.91 Å². The van der Waals surface area contributed by atoms with Crippen molar-refractivity contribution in [3.8, 4) is 0 Å². The van der Waals surface area contributed by atoms with E-state index in [1.165, 1.54) is 4.88 Å².